The molecule has 1 aromatic carbocycles. The Hall–Kier alpha value is -1.06. The second-order valence-electron chi connectivity index (χ2n) is 9.32. The van der Waals surface area contributed by atoms with Crippen LogP contribution in [0.25, 0.3) is 0 Å². The molecule has 6 rings (SSSR count). The molecule has 1 saturated heterocycles. The minimum absolute atomic E-state index is 0.0993. The molecule has 0 N–H and O–H groups in total. The van der Waals surface area contributed by atoms with E-state index < -0.39 is 0 Å². The Balaban J connectivity index is 1.28. The third kappa shape index (κ3) is 3.07. The van der Waals surface area contributed by atoms with Crippen LogP contribution < -0.4 is 0 Å². The molecule has 0 aromatic heterocycles. The number of amides is 1. The van der Waals surface area contributed by atoms with Crippen molar-refractivity contribution in [1.29, 1.82) is 0 Å². The average molecular weight is 374 g/mol. The number of ether oxygens (including phenoxy) is 1. The van der Waals surface area contributed by atoms with Gasteiger partial charge in [0.2, 0.25) is 5.91 Å². The summed E-state index contributed by atoms with van der Waals surface area (Å²) in [4.78, 5) is 15.2. The summed E-state index contributed by atoms with van der Waals surface area (Å²) in [5.74, 6) is 3.03. The highest BCUT2D eigenvalue weighted by molar-refractivity contribution is 6.31. The first-order chi connectivity index (χ1) is 12.6. The Kier molecular flexibility index (Phi) is 4.28. The van der Waals surface area contributed by atoms with Crippen LogP contribution in [0.2, 0.25) is 5.02 Å². The highest BCUT2D eigenvalue weighted by Gasteiger charge is 2.51. The van der Waals surface area contributed by atoms with Crippen molar-refractivity contribution in [2.45, 2.75) is 51.0 Å². The molecule has 5 fully saturated rings. The number of hydrogen-bond acceptors (Lipinski definition) is 2. The fourth-order valence-electron chi connectivity index (χ4n) is 6.74. The highest BCUT2D eigenvalue weighted by Crippen LogP contribution is 2.61. The van der Waals surface area contributed by atoms with Crippen LogP contribution in [-0.2, 0) is 9.53 Å². The van der Waals surface area contributed by atoms with Crippen LogP contribution in [-0.4, -0.2) is 30.5 Å². The molecule has 1 unspecified atom stereocenters. The molecule has 1 atom stereocenters. The molecule has 140 valence electrons. The standard InChI is InChI=1S/C22H28ClNO2/c23-19-4-2-1-3-18(19)20-14-24(5-6-26-20)21(25)13-22-10-15-7-16(11-22)9-17(8-15)12-22/h1-4,15-17,20H,5-14H2. The van der Waals surface area contributed by atoms with Crippen LogP contribution in [0.15, 0.2) is 24.3 Å². The third-order valence-corrected chi connectivity index (χ3v) is 7.71. The third-order valence-electron chi connectivity index (χ3n) is 7.36. The van der Waals surface area contributed by atoms with Crippen LogP contribution >= 0.6 is 11.6 Å². The van der Waals surface area contributed by atoms with Gasteiger partial charge in [0.15, 0.2) is 0 Å². The molecule has 4 aliphatic carbocycles. The van der Waals surface area contributed by atoms with Crippen LogP contribution in [0.1, 0.15) is 56.6 Å². The normalized spacial score (nSPS) is 38.6. The van der Waals surface area contributed by atoms with E-state index in [1.54, 1.807) is 0 Å². The smallest absolute Gasteiger partial charge is 0.223 e. The fraction of sp³-hybridized carbons (Fsp3) is 0.682. The van der Waals surface area contributed by atoms with Gasteiger partial charge in [-0.05, 0) is 67.8 Å². The maximum atomic E-state index is 13.2. The number of halogens is 1. The first kappa shape index (κ1) is 17.1. The van der Waals surface area contributed by atoms with Crippen molar-refractivity contribution < 1.29 is 9.53 Å². The summed E-state index contributed by atoms with van der Waals surface area (Å²) in [7, 11) is 0. The van der Waals surface area contributed by atoms with Crippen molar-refractivity contribution in [1.82, 2.24) is 4.90 Å². The van der Waals surface area contributed by atoms with Gasteiger partial charge in [0, 0.05) is 23.6 Å². The molecular weight excluding hydrogens is 346 g/mol. The maximum Gasteiger partial charge on any atom is 0.223 e. The lowest BCUT2D eigenvalue weighted by Crippen LogP contribution is -2.50. The second kappa shape index (κ2) is 6.53. The zero-order chi connectivity index (χ0) is 17.7. The van der Waals surface area contributed by atoms with Crippen LogP contribution in [0.3, 0.4) is 0 Å². The van der Waals surface area contributed by atoms with Crippen molar-refractivity contribution >= 4 is 17.5 Å². The maximum absolute atomic E-state index is 13.2. The highest BCUT2D eigenvalue weighted by atomic mass is 35.5. The molecule has 3 nitrogen and oxygen atoms in total. The van der Waals surface area contributed by atoms with Crippen molar-refractivity contribution in [3.8, 4) is 0 Å². The number of nitrogens with zero attached hydrogens (tertiary/aromatic N) is 1. The van der Waals surface area contributed by atoms with Gasteiger partial charge in [0.25, 0.3) is 0 Å². The van der Waals surface area contributed by atoms with E-state index in [9.17, 15) is 4.79 Å². The van der Waals surface area contributed by atoms with E-state index >= 15 is 0 Å². The van der Waals surface area contributed by atoms with Gasteiger partial charge in [-0.2, -0.15) is 0 Å². The first-order valence-corrected chi connectivity index (χ1v) is 10.6. The summed E-state index contributed by atoms with van der Waals surface area (Å²) in [6.07, 6.45) is 8.83. The van der Waals surface area contributed by atoms with E-state index in [-0.39, 0.29) is 6.10 Å². The number of morpholine rings is 1. The first-order valence-electron chi connectivity index (χ1n) is 10.2. The van der Waals surface area contributed by atoms with E-state index in [1.165, 1.54) is 38.5 Å². The number of carbonyl (C=O) groups is 1. The molecule has 4 saturated carbocycles. The molecule has 1 aromatic rings. The molecule has 4 bridgehead atoms. The summed E-state index contributed by atoms with van der Waals surface area (Å²) in [5.41, 5.74) is 1.31. The molecule has 26 heavy (non-hydrogen) atoms. The van der Waals surface area contributed by atoms with Gasteiger partial charge in [-0.15, -0.1) is 0 Å². The van der Waals surface area contributed by atoms with Crippen molar-refractivity contribution in [3.63, 3.8) is 0 Å². The molecule has 0 radical (unpaired) electrons. The lowest BCUT2D eigenvalue weighted by atomic mass is 9.49. The van der Waals surface area contributed by atoms with Gasteiger partial charge in [0.05, 0.1) is 13.2 Å². The molecule has 5 aliphatic rings. The molecule has 1 amide bonds. The van der Waals surface area contributed by atoms with Crippen LogP contribution in [0, 0.1) is 23.2 Å². The van der Waals surface area contributed by atoms with E-state index in [0.717, 1.165) is 34.8 Å². The monoisotopic (exact) mass is 373 g/mol. The van der Waals surface area contributed by atoms with Gasteiger partial charge in [-0.1, -0.05) is 29.8 Å². The van der Waals surface area contributed by atoms with Crippen LogP contribution in [0.5, 0.6) is 0 Å². The minimum atomic E-state index is -0.0993. The van der Waals surface area contributed by atoms with E-state index in [1.807, 2.05) is 29.2 Å². The molecule has 0 spiro atoms. The minimum Gasteiger partial charge on any atom is -0.370 e. The Bertz CT molecular complexity index is 668. The Morgan fingerprint density at radius 1 is 1.12 bits per heavy atom. The Morgan fingerprint density at radius 2 is 1.77 bits per heavy atom. The Labute approximate surface area is 161 Å². The zero-order valence-electron chi connectivity index (χ0n) is 15.3. The number of hydrogen-bond donors (Lipinski definition) is 0. The number of benzene rings is 1. The van der Waals surface area contributed by atoms with Crippen molar-refractivity contribution in [2.24, 2.45) is 23.2 Å². The quantitative estimate of drug-likeness (QED) is 0.758. The van der Waals surface area contributed by atoms with E-state index in [4.69, 9.17) is 16.3 Å². The van der Waals surface area contributed by atoms with E-state index in [0.29, 0.717) is 31.0 Å². The van der Waals surface area contributed by atoms with Gasteiger partial charge in [0.1, 0.15) is 6.10 Å². The summed E-state index contributed by atoms with van der Waals surface area (Å²) in [6.45, 7) is 1.95. The molecular formula is C22H28ClNO2. The summed E-state index contributed by atoms with van der Waals surface area (Å²) >= 11 is 6.35. The summed E-state index contributed by atoms with van der Waals surface area (Å²) in [6, 6.07) is 7.84. The lowest BCUT2D eigenvalue weighted by Gasteiger charge is -2.57. The average Bonchev–Trinajstić information content (AvgIpc) is 2.60. The van der Waals surface area contributed by atoms with Gasteiger partial charge >= 0.3 is 0 Å². The lowest BCUT2D eigenvalue weighted by molar-refractivity contribution is -0.146. The van der Waals surface area contributed by atoms with Crippen LogP contribution in [0.4, 0.5) is 0 Å². The summed E-state index contributed by atoms with van der Waals surface area (Å²) in [5, 5.41) is 0.730. The molecule has 4 heteroatoms. The number of rotatable bonds is 3. The van der Waals surface area contributed by atoms with Gasteiger partial charge in [-0.25, -0.2) is 0 Å². The van der Waals surface area contributed by atoms with Gasteiger partial charge in [-0.3, -0.25) is 4.79 Å². The van der Waals surface area contributed by atoms with Crippen molar-refractivity contribution in [3.05, 3.63) is 34.9 Å². The fourth-order valence-corrected chi connectivity index (χ4v) is 7.00. The molecule has 1 aliphatic heterocycles. The van der Waals surface area contributed by atoms with Crippen molar-refractivity contribution in [2.75, 3.05) is 19.7 Å². The topological polar surface area (TPSA) is 29.5 Å². The predicted molar refractivity (Wildman–Crippen MR) is 102 cm³/mol. The van der Waals surface area contributed by atoms with Gasteiger partial charge < -0.3 is 9.64 Å². The largest absolute Gasteiger partial charge is 0.370 e. The Morgan fingerprint density at radius 3 is 2.42 bits per heavy atom. The predicted octanol–water partition coefficient (Wildman–Crippen LogP) is 4.85. The van der Waals surface area contributed by atoms with E-state index in [2.05, 4.69) is 0 Å². The summed E-state index contributed by atoms with van der Waals surface area (Å²) < 4.78 is 5.94. The molecule has 1 heterocycles. The number of carbonyl (C=O) groups excluding carboxylic acids is 1. The SMILES string of the molecule is O=C(CC12CC3CC(CC(C3)C1)C2)N1CCOC(c2ccccc2Cl)C1. The second-order valence-corrected chi connectivity index (χ2v) is 9.72. The zero-order valence-corrected chi connectivity index (χ0v) is 16.1.